The van der Waals surface area contributed by atoms with Gasteiger partial charge < -0.3 is 5.73 Å². The molecular formula is C6H11NSi. The minimum atomic E-state index is 0.954. The summed E-state index contributed by atoms with van der Waals surface area (Å²) in [7, 11) is 0.954. The van der Waals surface area contributed by atoms with E-state index in [0.717, 1.165) is 21.6 Å². The van der Waals surface area contributed by atoms with Gasteiger partial charge >= 0.3 is 0 Å². The van der Waals surface area contributed by atoms with Crippen LogP contribution in [0.2, 0.25) is 12.1 Å². The first kappa shape index (κ1) is 7.50. The average Bonchev–Trinajstić information content (AvgIpc) is 1.81. The number of rotatable bonds is 4. The SMILES string of the molecule is C=CC[Si]CC=CN. The first-order chi connectivity index (χ1) is 3.91. The Morgan fingerprint density at radius 2 is 2.25 bits per heavy atom. The molecule has 0 aromatic heterocycles. The second kappa shape index (κ2) is 6.50. The first-order valence-electron chi connectivity index (χ1n) is 2.60. The van der Waals surface area contributed by atoms with E-state index >= 15 is 0 Å². The lowest BCUT2D eigenvalue weighted by atomic mass is 10.7. The molecule has 1 nitrogen and oxygen atoms in total. The van der Waals surface area contributed by atoms with Crippen LogP contribution in [0, 0.1) is 0 Å². The third-order valence-corrected chi connectivity index (χ3v) is 1.79. The summed E-state index contributed by atoms with van der Waals surface area (Å²) in [5.74, 6) is 0. The van der Waals surface area contributed by atoms with Crippen molar-refractivity contribution in [3.63, 3.8) is 0 Å². The third-order valence-electron chi connectivity index (χ3n) is 0.687. The van der Waals surface area contributed by atoms with Crippen LogP contribution in [0.3, 0.4) is 0 Å². The number of nitrogens with two attached hydrogens (primary N) is 1. The highest BCUT2D eigenvalue weighted by atomic mass is 28.2. The molecule has 0 aromatic rings. The molecule has 0 aromatic carbocycles. The van der Waals surface area contributed by atoms with Gasteiger partial charge in [-0.2, -0.15) is 0 Å². The maximum atomic E-state index is 5.11. The van der Waals surface area contributed by atoms with E-state index in [0.29, 0.717) is 0 Å². The van der Waals surface area contributed by atoms with Crippen LogP contribution in [-0.2, 0) is 0 Å². The number of hydrogen-bond donors (Lipinski definition) is 1. The molecule has 2 heteroatoms. The Morgan fingerprint density at radius 1 is 1.50 bits per heavy atom. The number of allylic oxidation sites excluding steroid dienone is 2. The van der Waals surface area contributed by atoms with Crippen molar-refractivity contribution in [1.82, 2.24) is 0 Å². The lowest BCUT2D eigenvalue weighted by molar-refractivity contribution is 1.51. The number of hydrogen-bond acceptors (Lipinski definition) is 1. The highest BCUT2D eigenvalue weighted by Gasteiger charge is 1.77. The fourth-order valence-electron chi connectivity index (χ4n) is 0.337. The Hall–Kier alpha value is -0.503. The Bertz CT molecular complexity index is 78.6. The predicted octanol–water partition coefficient (Wildman–Crippen LogP) is 1.19. The minimum Gasteiger partial charge on any atom is -0.405 e. The summed E-state index contributed by atoms with van der Waals surface area (Å²) in [6.07, 6.45) is 5.50. The molecule has 0 saturated heterocycles. The van der Waals surface area contributed by atoms with Crippen molar-refractivity contribution in [1.29, 1.82) is 0 Å². The molecule has 0 rings (SSSR count). The van der Waals surface area contributed by atoms with Gasteiger partial charge in [0.15, 0.2) is 0 Å². The molecule has 44 valence electrons. The quantitative estimate of drug-likeness (QED) is 0.341. The lowest BCUT2D eigenvalue weighted by Crippen LogP contribution is -1.83. The van der Waals surface area contributed by atoms with E-state index in [2.05, 4.69) is 6.58 Å². The fourth-order valence-corrected chi connectivity index (χ4v) is 1.01. The molecule has 0 unspecified atom stereocenters. The summed E-state index contributed by atoms with van der Waals surface area (Å²) in [6.45, 7) is 3.61. The van der Waals surface area contributed by atoms with E-state index in [1.165, 1.54) is 0 Å². The zero-order valence-corrected chi connectivity index (χ0v) is 5.93. The van der Waals surface area contributed by atoms with Gasteiger partial charge in [0.05, 0.1) is 0 Å². The Kier molecular flexibility index (Phi) is 6.09. The van der Waals surface area contributed by atoms with Crippen molar-refractivity contribution < 1.29 is 0 Å². The van der Waals surface area contributed by atoms with E-state index in [-0.39, 0.29) is 0 Å². The second-order valence-electron chi connectivity index (χ2n) is 1.38. The summed E-state index contributed by atoms with van der Waals surface area (Å²) in [5.41, 5.74) is 5.11. The molecule has 0 amide bonds. The van der Waals surface area contributed by atoms with Crippen LogP contribution in [0.15, 0.2) is 24.9 Å². The standard InChI is InChI=1S/C6H11NSi/c1-2-5-8-6-3-4-7/h2-4H,1,5-7H2. The molecule has 0 aliphatic carbocycles. The van der Waals surface area contributed by atoms with Crippen molar-refractivity contribution >= 4 is 9.52 Å². The van der Waals surface area contributed by atoms with Crippen molar-refractivity contribution in [3.05, 3.63) is 24.9 Å². The van der Waals surface area contributed by atoms with E-state index in [9.17, 15) is 0 Å². The summed E-state index contributed by atoms with van der Waals surface area (Å²) < 4.78 is 0. The Labute approximate surface area is 53.1 Å². The normalized spacial score (nSPS) is 10.0. The van der Waals surface area contributed by atoms with Crippen LogP contribution >= 0.6 is 0 Å². The van der Waals surface area contributed by atoms with E-state index in [1.54, 1.807) is 6.20 Å². The van der Waals surface area contributed by atoms with Gasteiger partial charge in [-0.1, -0.05) is 12.2 Å². The molecule has 0 atom stereocenters. The predicted molar refractivity (Wildman–Crippen MR) is 38.9 cm³/mol. The summed E-state index contributed by atoms with van der Waals surface area (Å²) in [6, 6.07) is 2.22. The maximum Gasteiger partial charge on any atom is 0.0463 e. The Morgan fingerprint density at radius 3 is 2.75 bits per heavy atom. The van der Waals surface area contributed by atoms with Crippen molar-refractivity contribution in [2.45, 2.75) is 12.1 Å². The molecule has 2 N–H and O–H groups in total. The first-order valence-corrected chi connectivity index (χ1v) is 4.01. The zero-order valence-electron chi connectivity index (χ0n) is 4.93. The van der Waals surface area contributed by atoms with Crippen LogP contribution in [0.5, 0.6) is 0 Å². The van der Waals surface area contributed by atoms with Crippen molar-refractivity contribution in [2.24, 2.45) is 5.73 Å². The molecule has 2 radical (unpaired) electrons. The summed E-state index contributed by atoms with van der Waals surface area (Å²) >= 11 is 0. The second-order valence-corrected chi connectivity index (χ2v) is 2.69. The highest BCUT2D eigenvalue weighted by Crippen LogP contribution is 1.85. The topological polar surface area (TPSA) is 26.0 Å². The van der Waals surface area contributed by atoms with Crippen molar-refractivity contribution in [3.8, 4) is 0 Å². The monoisotopic (exact) mass is 125 g/mol. The van der Waals surface area contributed by atoms with Gasteiger partial charge in [-0.25, -0.2) is 0 Å². The van der Waals surface area contributed by atoms with Crippen LogP contribution in [0.1, 0.15) is 0 Å². The largest absolute Gasteiger partial charge is 0.405 e. The fraction of sp³-hybridized carbons (Fsp3) is 0.333. The zero-order chi connectivity index (χ0) is 6.24. The average molecular weight is 125 g/mol. The van der Waals surface area contributed by atoms with E-state index in [4.69, 9.17) is 5.73 Å². The molecule has 8 heavy (non-hydrogen) atoms. The van der Waals surface area contributed by atoms with Crippen LogP contribution in [-0.4, -0.2) is 9.52 Å². The minimum absolute atomic E-state index is 0.954. The molecule has 0 aliphatic heterocycles. The van der Waals surface area contributed by atoms with Crippen molar-refractivity contribution in [2.75, 3.05) is 0 Å². The van der Waals surface area contributed by atoms with Gasteiger partial charge in [-0.05, 0) is 18.3 Å². The summed E-state index contributed by atoms with van der Waals surface area (Å²) in [5, 5.41) is 0. The molecule has 0 heterocycles. The lowest BCUT2D eigenvalue weighted by Gasteiger charge is -1.83. The molecular weight excluding hydrogens is 114 g/mol. The maximum absolute atomic E-state index is 5.11. The molecule has 0 fully saturated rings. The van der Waals surface area contributed by atoms with Gasteiger partial charge in [0.1, 0.15) is 0 Å². The molecule has 0 bridgehead atoms. The van der Waals surface area contributed by atoms with Gasteiger partial charge in [0, 0.05) is 9.52 Å². The van der Waals surface area contributed by atoms with Gasteiger partial charge in [-0.3, -0.25) is 0 Å². The smallest absolute Gasteiger partial charge is 0.0463 e. The van der Waals surface area contributed by atoms with Gasteiger partial charge in [0.25, 0.3) is 0 Å². The van der Waals surface area contributed by atoms with E-state index in [1.807, 2.05) is 12.2 Å². The molecule has 0 aliphatic rings. The highest BCUT2D eigenvalue weighted by molar-refractivity contribution is 6.36. The molecule has 0 saturated carbocycles. The molecule has 0 spiro atoms. The Balaban J connectivity index is 2.82. The van der Waals surface area contributed by atoms with E-state index < -0.39 is 0 Å². The van der Waals surface area contributed by atoms with Gasteiger partial charge in [-0.15, -0.1) is 6.58 Å². The van der Waals surface area contributed by atoms with Crippen LogP contribution in [0.25, 0.3) is 0 Å². The van der Waals surface area contributed by atoms with Gasteiger partial charge in [0.2, 0.25) is 0 Å². The summed E-state index contributed by atoms with van der Waals surface area (Å²) in [4.78, 5) is 0. The van der Waals surface area contributed by atoms with Crippen LogP contribution < -0.4 is 5.73 Å². The van der Waals surface area contributed by atoms with Crippen LogP contribution in [0.4, 0.5) is 0 Å². The third kappa shape index (κ3) is 5.50.